The summed E-state index contributed by atoms with van der Waals surface area (Å²) in [6.07, 6.45) is -0.143. The number of tetrazole rings is 1. The number of nitrogens with two attached hydrogens (primary N) is 1. The molecule has 0 radical (unpaired) electrons. The van der Waals surface area contributed by atoms with Crippen LogP contribution in [-0.4, -0.2) is 39.6 Å². The Labute approximate surface area is 142 Å². The highest BCUT2D eigenvalue weighted by atomic mass is 19.3. The molecule has 0 bridgehead atoms. The second kappa shape index (κ2) is 5.80. The van der Waals surface area contributed by atoms with E-state index in [2.05, 4.69) is 20.6 Å². The first-order valence-electron chi connectivity index (χ1n) is 7.89. The summed E-state index contributed by atoms with van der Waals surface area (Å²) in [5, 5.41) is 13.9. The quantitative estimate of drug-likeness (QED) is 0.715. The van der Waals surface area contributed by atoms with Crippen molar-refractivity contribution >= 4 is 11.4 Å². The molecule has 0 atom stereocenters. The zero-order valence-electron chi connectivity index (χ0n) is 13.3. The van der Waals surface area contributed by atoms with Crippen molar-refractivity contribution in [3.8, 4) is 22.5 Å². The molecule has 0 saturated carbocycles. The lowest BCUT2D eigenvalue weighted by Gasteiger charge is -2.21. The molecule has 1 saturated heterocycles. The summed E-state index contributed by atoms with van der Waals surface area (Å²) in [5.74, 6) is -2.10. The van der Waals surface area contributed by atoms with Gasteiger partial charge in [0.1, 0.15) is 0 Å². The Bertz CT molecular complexity index is 894. The molecule has 1 aromatic heterocycles. The van der Waals surface area contributed by atoms with Crippen molar-refractivity contribution in [2.75, 3.05) is 23.7 Å². The number of halogens is 2. The number of aromatic amines is 1. The molecule has 6 nitrogen and oxygen atoms in total. The number of hydrogen-bond donors (Lipinski definition) is 2. The lowest BCUT2D eigenvalue weighted by Crippen LogP contribution is -2.25. The van der Waals surface area contributed by atoms with Crippen molar-refractivity contribution in [2.45, 2.75) is 12.3 Å². The standard InChI is InChI=1S/C17H16F2N6/c18-17(19)7-8-25(10-17)15-6-5-11(9-14(15)20)12-3-1-2-4-13(12)16-21-23-24-22-16/h1-6,9H,7-8,10,20H2,(H,21,22,23,24). The van der Waals surface area contributed by atoms with Crippen molar-refractivity contribution in [3.05, 3.63) is 42.5 Å². The van der Waals surface area contributed by atoms with Crippen LogP contribution in [0.2, 0.25) is 0 Å². The van der Waals surface area contributed by atoms with Gasteiger partial charge in [0.25, 0.3) is 5.92 Å². The second-order valence-electron chi connectivity index (χ2n) is 6.10. The average Bonchev–Trinajstić information content (AvgIpc) is 3.24. The van der Waals surface area contributed by atoms with E-state index in [0.29, 0.717) is 23.7 Å². The molecule has 128 valence electrons. The maximum absolute atomic E-state index is 13.5. The van der Waals surface area contributed by atoms with Crippen molar-refractivity contribution < 1.29 is 8.78 Å². The van der Waals surface area contributed by atoms with E-state index in [4.69, 9.17) is 5.73 Å². The smallest absolute Gasteiger partial charge is 0.266 e. The zero-order chi connectivity index (χ0) is 17.4. The van der Waals surface area contributed by atoms with Gasteiger partial charge in [-0.1, -0.05) is 30.3 Å². The number of aromatic nitrogens is 4. The number of alkyl halides is 2. The zero-order valence-corrected chi connectivity index (χ0v) is 13.3. The van der Waals surface area contributed by atoms with Crippen LogP contribution in [0.1, 0.15) is 6.42 Å². The highest BCUT2D eigenvalue weighted by Gasteiger charge is 2.38. The average molecular weight is 342 g/mol. The minimum absolute atomic E-state index is 0.143. The Balaban J connectivity index is 1.71. The number of nitrogens with one attached hydrogen (secondary N) is 1. The topological polar surface area (TPSA) is 83.7 Å². The summed E-state index contributed by atoms with van der Waals surface area (Å²) in [6.45, 7) is 0.00767. The fourth-order valence-electron chi connectivity index (χ4n) is 3.17. The molecule has 25 heavy (non-hydrogen) atoms. The molecule has 1 fully saturated rings. The van der Waals surface area contributed by atoms with Crippen LogP contribution in [0.5, 0.6) is 0 Å². The highest BCUT2D eigenvalue weighted by molar-refractivity contribution is 5.84. The van der Waals surface area contributed by atoms with Gasteiger partial charge in [0.15, 0.2) is 5.82 Å². The molecule has 2 aromatic carbocycles. The molecule has 0 amide bonds. The van der Waals surface area contributed by atoms with Gasteiger partial charge in [0, 0.05) is 18.5 Å². The summed E-state index contributed by atoms with van der Waals surface area (Å²) >= 11 is 0. The summed E-state index contributed by atoms with van der Waals surface area (Å²) in [4.78, 5) is 1.63. The number of nitrogens with zero attached hydrogens (tertiary/aromatic N) is 4. The van der Waals surface area contributed by atoms with Gasteiger partial charge in [-0.2, -0.15) is 0 Å². The Hall–Kier alpha value is -3.03. The summed E-state index contributed by atoms with van der Waals surface area (Å²) in [7, 11) is 0. The number of benzene rings is 2. The first-order chi connectivity index (χ1) is 12.0. The van der Waals surface area contributed by atoms with Crippen LogP contribution in [0.25, 0.3) is 22.5 Å². The van der Waals surface area contributed by atoms with Crippen LogP contribution < -0.4 is 10.6 Å². The Morgan fingerprint density at radius 3 is 2.56 bits per heavy atom. The number of anilines is 2. The van der Waals surface area contributed by atoms with Crippen molar-refractivity contribution in [1.29, 1.82) is 0 Å². The minimum Gasteiger partial charge on any atom is -0.397 e. The van der Waals surface area contributed by atoms with Crippen LogP contribution in [-0.2, 0) is 0 Å². The van der Waals surface area contributed by atoms with E-state index in [0.717, 1.165) is 16.7 Å². The molecule has 3 aromatic rings. The maximum atomic E-state index is 13.5. The van der Waals surface area contributed by atoms with E-state index in [1.807, 2.05) is 30.3 Å². The van der Waals surface area contributed by atoms with Crippen molar-refractivity contribution in [1.82, 2.24) is 20.6 Å². The van der Waals surface area contributed by atoms with Crippen LogP contribution >= 0.6 is 0 Å². The van der Waals surface area contributed by atoms with E-state index in [-0.39, 0.29) is 13.0 Å². The van der Waals surface area contributed by atoms with Crippen molar-refractivity contribution in [2.24, 2.45) is 0 Å². The predicted octanol–water partition coefficient (Wildman–Crippen LogP) is 2.96. The molecule has 2 heterocycles. The van der Waals surface area contributed by atoms with Gasteiger partial charge in [-0.05, 0) is 33.7 Å². The van der Waals surface area contributed by atoms with E-state index in [9.17, 15) is 8.78 Å². The summed E-state index contributed by atoms with van der Waals surface area (Å²) in [6, 6.07) is 13.1. The third-order valence-corrected chi connectivity index (χ3v) is 4.38. The predicted molar refractivity (Wildman–Crippen MR) is 91.2 cm³/mol. The van der Waals surface area contributed by atoms with Gasteiger partial charge >= 0.3 is 0 Å². The minimum atomic E-state index is -2.66. The molecule has 3 N–H and O–H groups in total. The molecule has 4 rings (SSSR count). The fourth-order valence-corrected chi connectivity index (χ4v) is 3.17. The lowest BCUT2D eigenvalue weighted by atomic mass is 9.98. The third kappa shape index (κ3) is 2.90. The van der Waals surface area contributed by atoms with E-state index < -0.39 is 5.92 Å². The van der Waals surface area contributed by atoms with Gasteiger partial charge < -0.3 is 10.6 Å². The normalized spacial score (nSPS) is 16.3. The first kappa shape index (κ1) is 15.5. The molecular weight excluding hydrogens is 326 g/mol. The van der Waals surface area contributed by atoms with Crippen LogP contribution in [0, 0.1) is 0 Å². The molecule has 8 heteroatoms. The van der Waals surface area contributed by atoms with Gasteiger partial charge in [-0.15, -0.1) is 5.10 Å². The van der Waals surface area contributed by atoms with Crippen molar-refractivity contribution in [3.63, 3.8) is 0 Å². The Morgan fingerprint density at radius 1 is 1.12 bits per heavy atom. The van der Waals surface area contributed by atoms with Crippen LogP contribution in [0.3, 0.4) is 0 Å². The van der Waals surface area contributed by atoms with E-state index >= 15 is 0 Å². The van der Waals surface area contributed by atoms with E-state index in [1.54, 1.807) is 17.0 Å². The SMILES string of the molecule is Nc1cc(-c2ccccc2-c2nnn[nH]2)ccc1N1CCC(F)(F)C1. The molecule has 1 aliphatic heterocycles. The third-order valence-electron chi connectivity index (χ3n) is 4.38. The number of nitrogen functional groups attached to an aromatic ring is 1. The molecule has 0 unspecified atom stereocenters. The van der Waals surface area contributed by atoms with E-state index in [1.165, 1.54) is 0 Å². The molecule has 0 spiro atoms. The Kier molecular flexibility index (Phi) is 3.60. The maximum Gasteiger partial charge on any atom is 0.266 e. The lowest BCUT2D eigenvalue weighted by molar-refractivity contribution is 0.0257. The fraction of sp³-hybridized carbons (Fsp3) is 0.235. The van der Waals surface area contributed by atoms with Gasteiger partial charge in [0.05, 0.1) is 17.9 Å². The largest absolute Gasteiger partial charge is 0.397 e. The molecule has 1 aliphatic rings. The molecule has 0 aliphatic carbocycles. The summed E-state index contributed by atoms with van der Waals surface area (Å²) in [5.41, 5.74) is 9.90. The molecular formula is C17H16F2N6. The number of hydrogen-bond acceptors (Lipinski definition) is 5. The van der Waals surface area contributed by atoms with Crippen LogP contribution in [0.15, 0.2) is 42.5 Å². The Morgan fingerprint density at radius 2 is 1.92 bits per heavy atom. The van der Waals surface area contributed by atoms with Crippen LogP contribution in [0.4, 0.5) is 20.2 Å². The van der Waals surface area contributed by atoms with Gasteiger partial charge in [-0.3, -0.25) is 0 Å². The highest BCUT2D eigenvalue weighted by Crippen LogP contribution is 2.37. The summed E-state index contributed by atoms with van der Waals surface area (Å²) < 4.78 is 26.9. The van der Waals surface area contributed by atoms with Gasteiger partial charge in [0.2, 0.25) is 0 Å². The first-order valence-corrected chi connectivity index (χ1v) is 7.89. The second-order valence-corrected chi connectivity index (χ2v) is 6.10. The monoisotopic (exact) mass is 342 g/mol. The number of H-pyrrole nitrogens is 1. The number of rotatable bonds is 3. The van der Waals surface area contributed by atoms with Gasteiger partial charge in [-0.25, -0.2) is 13.9 Å².